The Balaban J connectivity index is 1.29. The summed E-state index contributed by atoms with van der Waals surface area (Å²) in [5.74, 6) is 1.42. The Hall–Kier alpha value is -4.04. The third-order valence-corrected chi connectivity index (χ3v) is 7.67. The van der Waals surface area contributed by atoms with Gasteiger partial charge in [-0.15, -0.1) is 0 Å². The van der Waals surface area contributed by atoms with Gasteiger partial charge in [-0.05, 0) is 69.5 Å². The van der Waals surface area contributed by atoms with Crippen LogP contribution in [0.2, 0.25) is 0 Å². The van der Waals surface area contributed by atoms with E-state index >= 15 is 0 Å². The van der Waals surface area contributed by atoms with Gasteiger partial charge in [-0.25, -0.2) is 4.98 Å². The fraction of sp³-hybridized carbons (Fsp3) is 0.375. The first-order valence-corrected chi connectivity index (χ1v) is 13.8. The highest BCUT2D eigenvalue weighted by molar-refractivity contribution is 6.30. The number of benzene rings is 2. The number of nitrogens with one attached hydrogen (secondary N) is 2. The third-order valence-electron chi connectivity index (χ3n) is 7.67. The zero-order valence-electron chi connectivity index (χ0n) is 23.5. The highest BCUT2D eigenvalue weighted by atomic mass is 16.5. The van der Waals surface area contributed by atoms with Gasteiger partial charge in [0.1, 0.15) is 22.8 Å². The Morgan fingerprint density at radius 1 is 0.925 bits per heavy atom. The first-order chi connectivity index (χ1) is 19.3. The quantitative estimate of drug-likeness (QED) is 0.349. The largest absolute Gasteiger partial charge is 0.493 e. The monoisotopic (exact) mass is 540 g/mol. The Morgan fingerprint density at radius 2 is 1.70 bits per heavy atom. The maximum atomic E-state index is 13.8. The topological polar surface area (TPSA) is 106 Å². The van der Waals surface area contributed by atoms with Gasteiger partial charge < -0.3 is 19.8 Å². The third kappa shape index (κ3) is 5.49. The molecule has 1 unspecified atom stereocenters. The molecule has 1 aliphatic carbocycles. The molecule has 0 saturated carbocycles. The molecule has 2 aromatic carbocycles. The van der Waals surface area contributed by atoms with Crippen LogP contribution in [0.15, 0.2) is 59.1 Å². The highest BCUT2D eigenvalue weighted by Crippen LogP contribution is 2.40. The minimum absolute atomic E-state index is 0.0756. The van der Waals surface area contributed by atoms with Crippen molar-refractivity contribution in [2.24, 2.45) is 10.9 Å². The molecule has 8 nitrogen and oxygen atoms in total. The van der Waals surface area contributed by atoms with E-state index in [9.17, 15) is 9.59 Å². The fourth-order valence-corrected chi connectivity index (χ4v) is 5.38. The first kappa shape index (κ1) is 27.5. The number of aryl methyl sites for hydroxylation is 2. The SMILES string of the molecule is COc1ccc(CCNCCC2C(=O)c3[nH]c(CCc4ccccc4)nc3C3=C2C(=O)C(C)(C)N=C3)cc1OC. The van der Waals surface area contributed by atoms with Gasteiger partial charge in [-0.1, -0.05) is 36.4 Å². The number of carbonyl (C=O) groups excluding carboxylic acids is 2. The summed E-state index contributed by atoms with van der Waals surface area (Å²) < 4.78 is 10.7. The van der Waals surface area contributed by atoms with Gasteiger partial charge in [0, 0.05) is 23.8 Å². The van der Waals surface area contributed by atoms with Crippen LogP contribution in [0.25, 0.3) is 5.57 Å². The van der Waals surface area contributed by atoms with E-state index in [0.29, 0.717) is 53.4 Å². The zero-order valence-corrected chi connectivity index (χ0v) is 23.5. The minimum Gasteiger partial charge on any atom is -0.493 e. The number of aromatic amines is 1. The van der Waals surface area contributed by atoms with Crippen molar-refractivity contribution < 1.29 is 19.1 Å². The number of aliphatic imine (C=N–C) groups is 1. The molecule has 8 heteroatoms. The molecule has 208 valence electrons. The fourth-order valence-electron chi connectivity index (χ4n) is 5.38. The van der Waals surface area contributed by atoms with Gasteiger partial charge in [-0.3, -0.25) is 14.6 Å². The lowest BCUT2D eigenvalue weighted by Crippen LogP contribution is -2.41. The Bertz CT molecular complexity index is 1470. The van der Waals surface area contributed by atoms with Crippen molar-refractivity contribution in [1.29, 1.82) is 0 Å². The van der Waals surface area contributed by atoms with E-state index in [1.165, 1.54) is 5.56 Å². The van der Waals surface area contributed by atoms with Gasteiger partial charge in [0.15, 0.2) is 23.1 Å². The van der Waals surface area contributed by atoms with Gasteiger partial charge >= 0.3 is 0 Å². The van der Waals surface area contributed by atoms with Crippen molar-refractivity contribution in [3.63, 3.8) is 0 Å². The van der Waals surface area contributed by atoms with E-state index in [1.807, 2.05) is 36.4 Å². The molecule has 40 heavy (non-hydrogen) atoms. The van der Waals surface area contributed by atoms with Crippen LogP contribution >= 0.6 is 0 Å². The highest BCUT2D eigenvalue weighted by Gasteiger charge is 2.45. The van der Waals surface area contributed by atoms with Crippen LogP contribution in [0.1, 0.15) is 53.4 Å². The Kier molecular flexibility index (Phi) is 7.98. The molecule has 0 fully saturated rings. The van der Waals surface area contributed by atoms with Gasteiger partial charge in [0.2, 0.25) is 0 Å². The molecule has 1 aliphatic heterocycles. The number of Topliss-reactive ketones (excluding diaryl/α,β-unsaturated/α-hetero) is 2. The summed E-state index contributed by atoms with van der Waals surface area (Å²) >= 11 is 0. The van der Waals surface area contributed by atoms with E-state index in [-0.39, 0.29) is 11.6 Å². The van der Waals surface area contributed by atoms with E-state index in [2.05, 4.69) is 27.4 Å². The molecule has 2 aliphatic rings. The van der Waals surface area contributed by atoms with E-state index in [0.717, 1.165) is 30.8 Å². The molecule has 5 rings (SSSR count). The number of imidazole rings is 1. The van der Waals surface area contributed by atoms with Crippen molar-refractivity contribution >= 4 is 23.4 Å². The van der Waals surface area contributed by atoms with E-state index < -0.39 is 11.5 Å². The summed E-state index contributed by atoms with van der Waals surface area (Å²) in [6.07, 6.45) is 4.52. The number of hydrogen-bond acceptors (Lipinski definition) is 7. The van der Waals surface area contributed by atoms with E-state index in [1.54, 1.807) is 34.3 Å². The second-order valence-corrected chi connectivity index (χ2v) is 10.8. The number of allylic oxidation sites excluding steroid dienone is 1. The standard InChI is InChI=1S/C32H36N4O4/c1-32(2)31(38)27-22(15-17-33-16-14-21-10-12-24(39-3)25(18-21)40-4)30(37)29-28(23(27)19-34-32)35-26(36-29)13-11-20-8-6-5-7-9-20/h5-10,12,18-19,22,33H,11,13-17H2,1-4H3,(H,35,36). The molecule has 0 amide bonds. The Labute approximate surface area is 234 Å². The van der Waals surface area contributed by atoms with Crippen LogP contribution in [-0.4, -0.2) is 60.6 Å². The van der Waals surface area contributed by atoms with Gasteiger partial charge in [-0.2, -0.15) is 0 Å². The van der Waals surface area contributed by atoms with E-state index in [4.69, 9.17) is 14.5 Å². The summed E-state index contributed by atoms with van der Waals surface area (Å²) in [6.45, 7) is 4.91. The smallest absolute Gasteiger partial charge is 0.188 e. The lowest BCUT2D eigenvalue weighted by Gasteiger charge is -2.32. The van der Waals surface area contributed by atoms with Crippen molar-refractivity contribution in [1.82, 2.24) is 15.3 Å². The minimum atomic E-state index is -0.901. The van der Waals surface area contributed by atoms with Crippen molar-refractivity contribution in [3.8, 4) is 11.5 Å². The molecule has 2 N–H and O–H groups in total. The van der Waals surface area contributed by atoms with Crippen molar-refractivity contribution in [2.75, 3.05) is 27.3 Å². The molecule has 0 bridgehead atoms. The predicted molar refractivity (Wildman–Crippen MR) is 155 cm³/mol. The second kappa shape index (κ2) is 11.6. The number of methoxy groups -OCH3 is 2. The summed E-state index contributed by atoms with van der Waals surface area (Å²) in [7, 11) is 3.24. The number of fused-ring (bicyclic) bond motifs is 2. The molecule has 0 radical (unpaired) electrons. The lowest BCUT2D eigenvalue weighted by atomic mass is 9.73. The van der Waals surface area contributed by atoms with Gasteiger partial charge in [0.25, 0.3) is 0 Å². The zero-order chi connectivity index (χ0) is 28.3. The molecular formula is C32H36N4O4. The number of carbonyl (C=O) groups is 2. The predicted octanol–water partition coefficient (Wildman–Crippen LogP) is 4.43. The second-order valence-electron chi connectivity index (χ2n) is 10.8. The summed E-state index contributed by atoms with van der Waals surface area (Å²) in [5, 5.41) is 3.45. The maximum Gasteiger partial charge on any atom is 0.188 e. The number of H-pyrrole nitrogens is 1. The molecular weight excluding hydrogens is 504 g/mol. The molecule has 3 aromatic rings. The summed E-state index contributed by atoms with van der Waals surface area (Å²) in [6, 6.07) is 16.1. The molecule has 1 atom stereocenters. The number of ketones is 2. The van der Waals surface area contributed by atoms with Gasteiger partial charge in [0.05, 0.1) is 20.1 Å². The van der Waals surface area contributed by atoms with Crippen molar-refractivity contribution in [3.05, 3.63) is 82.4 Å². The number of rotatable bonds is 11. The average molecular weight is 541 g/mol. The number of ether oxygens (including phenoxy) is 2. The number of aromatic nitrogens is 2. The molecule has 2 heterocycles. The van der Waals surface area contributed by atoms with Crippen LogP contribution in [0, 0.1) is 5.92 Å². The summed E-state index contributed by atoms with van der Waals surface area (Å²) in [4.78, 5) is 39.9. The van der Waals surface area contributed by atoms with Crippen LogP contribution in [0.5, 0.6) is 11.5 Å². The van der Waals surface area contributed by atoms with Crippen molar-refractivity contribution in [2.45, 2.75) is 45.1 Å². The number of hydrogen-bond donors (Lipinski definition) is 2. The normalized spacial score (nSPS) is 17.6. The molecule has 0 saturated heterocycles. The van der Waals surface area contributed by atoms with Crippen LogP contribution < -0.4 is 14.8 Å². The molecule has 1 aromatic heterocycles. The average Bonchev–Trinajstić information content (AvgIpc) is 3.40. The summed E-state index contributed by atoms with van der Waals surface area (Å²) in [5.41, 5.74) is 3.68. The van der Waals surface area contributed by atoms with Crippen LogP contribution in [0.3, 0.4) is 0 Å². The Morgan fingerprint density at radius 3 is 2.45 bits per heavy atom. The lowest BCUT2D eigenvalue weighted by molar-refractivity contribution is -0.119. The number of dihydropyridines is 1. The molecule has 0 spiro atoms. The number of nitrogens with zero attached hydrogens (tertiary/aromatic N) is 2. The maximum absolute atomic E-state index is 13.8. The first-order valence-electron chi connectivity index (χ1n) is 13.8. The van der Waals surface area contributed by atoms with Crippen LogP contribution in [0.4, 0.5) is 0 Å². The van der Waals surface area contributed by atoms with Crippen LogP contribution in [-0.2, 0) is 24.1 Å².